The van der Waals surface area contributed by atoms with Gasteiger partial charge >= 0.3 is 6.03 Å². The van der Waals surface area contributed by atoms with Gasteiger partial charge in [0, 0.05) is 24.5 Å². The van der Waals surface area contributed by atoms with E-state index >= 15 is 0 Å². The number of urea groups is 1. The number of carbonyl (C=O) groups is 1. The molecule has 2 amide bonds. The minimum absolute atomic E-state index is 0.111. The SMILES string of the molecule is O=C(NCc1cccn1Cc1cccc(F)c1)NC1CCCCC1. The number of nitrogens with one attached hydrogen (secondary N) is 2. The van der Waals surface area contributed by atoms with E-state index in [-0.39, 0.29) is 11.8 Å². The molecule has 0 atom stereocenters. The van der Waals surface area contributed by atoms with Gasteiger partial charge in [0.05, 0.1) is 6.54 Å². The van der Waals surface area contributed by atoms with E-state index in [2.05, 4.69) is 10.6 Å². The summed E-state index contributed by atoms with van der Waals surface area (Å²) >= 11 is 0. The molecular weight excluding hydrogens is 305 g/mol. The molecular formula is C19H24FN3O. The molecule has 1 fully saturated rings. The van der Waals surface area contributed by atoms with E-state index in [0.717, 1.165) is 24.1 Å². The molecule has 1 aromatic carbocycles. The Kier molecular flexibility index (Phi) is 5.51. The fraction of sp³-hybridized carbons (Fsp3) is 0.421. The number of amides is 2. The molecule has 24 heavy (non-hydrogen) atoms. The standard InChI is InChI=1S/C19H24FN3O/c20-16-7-4-6-15(12-16)14-23-11-5-10-18(23)13-21-19(24)22-17-8-2-1-3-9-17/h4-7,10-12,17H,1-3,8-9,13-14H2,(H2,21,22,24). The first-order valence-electron chi connectivity index (χ1n) is 8.63. The molecule has 0 spiro atoms. The third-order valence-corrected chi connectivity index (χ3v) is 4.54. The van der Waals surface area contributed by atoms with Gasteiger partial charge < -0.3 is 15.2 Å². The minimum atomic E-state index is -0.230. The van der Waals surface area contributed by atoms with E-state index in [1.54, 1.807) is 6.07 Å². The number of nitrogens with zero attached hydrogens (tertiary/aromatic N) is 1. The molecule has 1 aliphatic carbocycles. The average molecular weight is 329 g/mol. The maximum atomic E-state index is 13.3. The minimum Gasteiger partial charge on any atom is -0.345 e. The highest BCUT2D eigenvalue weighted by Crippen LogP contribution is 2.17. The average Bonchev–Trinajstić information content (AvgIpc) is 3.01. The topological polar surface area (TPSA) is 46.1 Å². The summed E-state index contributed by atoms with van der Waals surface area (Å²) in [6, 6.07) is 10.7. The van der Waals surface area contributed by atoms with Gasteiger partial charge in [0.2, 0.25) is 0 Å². The van der Waals surface area contributed by atoms with Crippen LogP contribution in [0.4, 0.5) is 9.18 Å². The molecule has 1 aromatic heterocycles. The highest BCUT2D eigenvalue weighted by Gasteiger charge is 2.15. The Hall–Kier alpha value is -2.30. The molecule has 1 aliphatic rings. The molecule has 0 unspecified atom stereocenters. The van der Waals surface area contributed by atoms with Gasteiger partial charge in [0.1, 0.15) is 5.82 Å². The smallest absolute Gasteiger partial charge is 0.315 e. The Morgan fingerprint density at radius 1 is 1.17 bits per heavy atom. The maximum absolute atomic E-state index is 13.3. The van der Waals surface area contributed by atoms with Gasteiger partial charge in [0.15, 0.2) is 0 Å². The summed E-state index contributed by atoms with van der Waals surface area (Å²) in [5.74, 6) is -0.230. The van der Waals surface area contributed by atoms with Crippen LogP contribution in [0.5, 0.6) is 0 Å². The van der Waals surface area contributed by atoms with Gasteiger partial charge in [-0.1, -0.05) is 31.4 Å². The molecule has 0 saturated heterocycles. The van der Waals surface area contributed by atoms with E-state index in [1.807, 2.05) is 29.0 Å². The van der Waals surface area contributed by atoms with Gasteiger partial charge in [-0.2, -0.15) is 0 Å². The van der Waals surface area contributed by atoms with Gasteiger partial charge in [-0.3, -0.25) is 0 Å². The third-order valence-electron chi connectivity index (χ3n) is 4.54. The Balaban J connectivity index is 1.52. The highest BCUT2D eigenvalue weighted by molar-refractivity contribution is 5.74. The molecule has 3 rings (SSSR count). The molecule has 128 valence electrons. The second-order valence-electron chi connectivity index (χ2n) is 6.42. The lowest BCUT2D eigenvalue weighted by Gasteiger charge is -2.23. The van der Waals surface area contributed by atoms with Crippen LogP contribution in [-0.4, -0.2) is 16.6 Å². The summed E-state index contributed by atoms with van der Waals surface area (Å²) in [6.45, 7) is 1.05. The zero-order valence-electron chi connectivity index (χ0n) is 13.8. The van der Waals surface area contributed by atoms with Crippen LogP contribution < -0.4 is 10.6 Å². The molecule has 2 N–H and O–H groups in total. The molecule has 1 heterocycles. The van der Waals surface area contributed by atoms with Crippen molar-refractivity contribution in [1.29, 1.82) is 0 Å². The van der Waals surface area contributed by atoms with Crippen LogP contribution in [0, 0.1) is 5.82 Å². The van der Waals surface area contributed by atoms with Crippen molar-refractivity contribution in [3.05, 3.63) is 59.7 Å². The van der Waals surface area contributed by atoms with Crippen molar-refractivity contribution in [2.45, 2.75) is 51.2 Å². The number of hydrogen-bond donors (Lipinski definition) is 2. The van der Waals surface area contributed by atoms with E-state index < -0.39 is 0 Å². The lowest BCUT2D eigenvalue weighted by atomic mass is 9.96. The lowest BCUT2D eigenvalue weighted by Crippen LogP contribution is -2.42. The zero-order valence-corrected chi connectivity index (χ0v) is 13.8. The van der Waals surface area contributed by atoms with Crippen LogP contribution in [0.15, 0.2) is 42.6 Å². The fourth-order valence-corrected chi connectivity index (χ4v) is 3.25. The van der Waals surface area contributed by atoms with Crippen LogP contribution in [0.3, 0.4) is 0 Å². The van der Waals surface area contributed by atoms with Crippen molar-refractivity contribution >= 4 is 6.03 Å². The summed E-state index contributed by atoms with van der Waals surface area (Å²) in [7, 11) is 0. The quantitative estimate of drug-likeness (QED) is 0.861. The Morgan fingerprint density at radius 3 is 2.79 bits per heavy atom. The van der Waals surface area contributed by atoms with Gasteiger partial charge in [-0.25, -0.2) is 9.18 Å². The van der Waals surface area contributed by atoms with E-state index in [0.29, 0.717) is 19.1 Å². The van der Waals surface area contributed by atoms with Gasteiger partial charge in [0.25, 0.3) is 0 Å². The predicted molar refractivity (Wildman–Crippen MR) is 92.2 cm³/mol. The Labute approximate surface area is 142 Å². The summed E-state index contributed by atoms with van der Waals surface area (Å²) in [6.07, 6.45) is 7.75. The van der Waals surface area contributed by atoms with Gasteiger partial charge in [-0.05, 0) is 42.7 Å². The Bertz CT molecular complexity index is 677. The molecule has 0 radical (unpaired) electrons. The Morgan fingerprint density at radius 2 is 2.00 bits per heavy atom. The van der Waals surface area contributed by atoms with Crippen molar-refractivity contribution in [2.75, 3.05) is 0 Å². The number of carbonyl (C=O) groups excluding carboxylic acids is 1. The first-order chi connectivity index (χ1) is 11.7. The van der Waals surface area contributed by atoms with Gasteiger partial charge in [-0.15, -0.1) is 0 Å². The largest absolute Gasteiger partial charge is 0.345 e. The van der Waals surface area contributed by atoms with Crippen molar-refractivity contribution in [2.24, 2.45) is 0 Å². The first kappa shape index (κ1) is 16.6. The normalized spacial score (nSPS) is 15.2. The van der Waals surface area contributed by atoms with Crippen molar-refractivity contribution in [3.63, 3.8) is 0 Å². The lowest BCUT2D eigenvalue weighted by molar-refractivity contribution is 0.232. The number of hydrogen-bond acceptors (Lipinski definition) is 1. The molecule has 1 saturated carbocycles. The summed E-state index contributed by atoms with van der Waals surface area (Å²) in [5.41, 5.74) is 1.90. The van der Waals surface area contributed by atoms with Crippen molar-refractivity contribution in [1.82, 2.24) is 15.2 Å². The first-order valence-corrected chi connectivity index (χ1v) is 8.63. The van der Waals surface area contributed by atoms with Crippen LogP contribution in [-0.2, 0) is 13.1 Å². The van der Waals surface area contributed by atoms with Crippen molar-refractivity contribution in [3.8, 4) is 0 Å². The summed E-state index contributed by atoms with van der Waals surface area (Å²) < 4.78 is 15.3. The fourth-order valence-electron chi connectivity index (χ4n) is 3.25. The van der Waals surface area contributed by atoms with Crippen LogP contribution in [0.25, 0.3) is 0 Å². The van der Waals surface area contributed by atoms with E-state index in [9.17, 15) is 9.18 Å². The molecule has 5 heteroatoms. The zero-order chi connectivity index (χ0) is 16.8. The molecule has 0 bridgehead atoms. The number of benzene rings is 1. The van der Waals surface area contributed by atoms with Crippen LogP contribution in [0.2, 0.25) is 0 Å². The number of rotatable bonds is 5. The number of aromatic nitrogens is 1. The van der Waals surface area contributed by atoms with Crippen LogP contribution in [0.1, 0.15) is 43.4 Å². The van der Waals surface area contributed by atoms with Crippen molar-refractivity contribution < 1.29 is 9.18 Å². The van der Waals surface area contributed by atoms with E-state index in [4.69, 9.17) is 0 Å². The second kappa shape index (κ2) is 7.99. The maximum Gasteiger partial charge on any atom is 0.315 e. The van der Waals surface area contributed by atoms with E-state index in [1.165, 1.54) is 31.4 Å². The third kappa shape index (κ3) is 4.60. The molecule has 2 aromatic rings. The summed E-state index contributed by atoms with van der Waals surface area (Å²) in [4.78, 5) is 12.0. The highest BCUT2D eigenvalue weighted by atomic mass is 19.1. The number of halogens is 1. The molecule has 0 aliphatic heterocycles. The van der Waals surface area contributed by atoms with Crippen LogP contribution >= 0.6 is 0 Å². The second-order valence-corrected chi connectivity index (χ2v) is 6.42. The monoisotopic (exact) mass is 329 g/mol. The predicted octanol–water partition coefficient (Wildman–Crippen LogP) is 3.81. The summed E-state index contributed by atoms with van der Waals surface area (Å²) in [5, 5.41) is 5.97. The molecule has 4 nitrogen and oxygen atoms in total.